The van der Waals surface area contributed by atoms with Crippen molar-refractivity contribution in [1.82, 2.24) is 9.38 Å². The maximum absolute atomic E-state index is 4.62. The average Bonchev–Trinajstić information content (AvgIpc) is 2.44. The minimum absolute atomic E-state index is 0.496. The van der Waals surface area contributed by atoms with Crippen LogP contribution in [0.5, 0.6) is 0 Å². The van der Waals surface area contributed by atoms with Gasteiger partial charge in [-0.2, -0.15) is 0 Å². The highest BCUT2D eigenvalue weighted by molar-refractivity contribution is 5.44. The molecule has 0 aliphatic heterocycles. The fourth-order valence-electron chi connectivity index (χ4n) is 1.83. The van der Waals surface area contributed by atoms with Gasteiger partial charge in [0.25, 0.3) is 0 Å². The molecule has 0 unspecified atom stereocenters. The summed E-state index contributed by atoms with van der Waals surface area (Å²) in [4.78, 5) is 4.62. The van der Waals surface area contributed by atoms with Crippen LogP contribution in [-0.2, 0) is 0 Å². The Balaban J connectivity index is 2.74. The summed E-state index contributed by atoms with van der Waals surface area (Å²) in [5.74, 6) is 0.496. The zero-order valence-electron chi connectivity index (χ0n) is 9.20. The van der Waals surface area contributed by atoms with Crippen LogP contribution >= 0.6 is 0 Å². The lowest BCUT2D eigenvalue weighted by Gasteiger charge is -2.01. The first kappa shape index (κ1) is 9.25. The van der Waals surface area contributed by atoms with E-state index in [4.69, 9.17) is 0 Å². The zero-order valence-corrected chi connectivity index (χ0v) is 9.20. The van der Waals surface area contributed by atoms with Crippen LogP contribution in [0.4, 0.5) is 0 Å². The normalized spacial score (nSPS) is 11.5. The zero-order chi connectivity index (χ0) is 10.3. The minimum atomic E-state index is 0.496. The van der Waals surface area contributed by atoms with E-state index in [1.807, 2.05) is 0 Å². The predicted molar refractivity (Wildman–Crippen MR) is 58.8 cm³/mol. The van der Waals surface area contributed by atoms with Crippen LogP contribution in [0.25, 0.3) is 5.65 Å². The summed E-state index contributed by atoms with van der Waals surface area (Å²) in [6.45, 7) is 8.60. The van der Waals surface area contributed by atoms with E-state index in [2.05, 4.69) is 55.4 Å². The number of rotatable bonds is 1. The van der Waals surface area contributed by atoms with Gasteiger partial charge in [-0.25, -0.2) is 4.98 Å². The van der Waals surface area contributed by atoms with E-state index < -0.39 is 0 Å². The van der Waals surface area contributed by atoms with E-state index in [-0.39, 0.29) is 0 Å². The van der Waals surface area contributed by atoms with Gasteiger partial charge in [0.2, 0.25) is 0 Å². The summed E-state index contributed by atoms with van der Waals surface area (Å²) in [6.07, 6.45) is 2.14. The van der Waals surface area contributed by atoms with Crippen molar-refractivity contribution in [2.24, 2.45) is 0 Å². The lowest BCUT2D eigenvalue weighted by Crippen LogP contribution is -1.92. The van der Waals surface area contributed by atoms with Crippen LogP contribution in [-0.4, -0.2) is 9.38 Å². The van der Waals surface area contributed by atoms with Gasteiger partial charge < -0.3 is 4.40 Å². The second-order valence-electron chi connectivity index (χ2n) is 4.17. The molecule has 2 nitrogen and oxygen atoms in total. The molecule has 2 aromatic rings. The SMILES string of the molecule is Cc1ccc2nc(C(C)C)c(C)n2c1. The van der Waals surface area contributed by atoms with Crippen LogP contribution in [0.2, 0.25) is 0 Å². The van der Waals surface area contributed by atoms with Crippen molar-refractivity contribution >= 4 is 5.65 Å². The van der Waals surface area contributed by atoms with E-state index in [1.165, 1.54) is 17.0 Å². The molecule has 0 aromatic carbocycles. The molecule has 2 heterocycles. The fourth-order valence-corrected chi connectivity index (χ4v) is 1.83. The molecular formula is C12H16N2. The first-order chi connectivity index (χ1) is 6.59. The Morgan fingerprint density at radius 1 is 1.21 bits per heavy atom. The van der Waals surface area contributed by atoms with E-state index in [1.54, 1.807) is 0 Å². The number of fused-ring (bicyclic) bond motifs is 1. The van der Waals surface area contributed by atoms with E-state index in [0.29, 0.717) is 5.92 Å². The van der Waals surface area contributed by atoms with Crippen LogP contribution < -0.4 is 0 Å². The summed E-state index contributed by atoms with van der Waals surface area (Å²) >= 11 is 0. The van der Waals surface area contributed by atoms with E-state index in [0.717, 1.165) is 5.65 Å². The molecule has 0 saturated carbocycles. The highest BCUT2D eigenvalue weighted by atomic mass is 15.0. The van der Waals surface area contributed by atoms with Gasteiger partial charge in [0, 0.05) is 11.9 Å². The van der Waals surface area contributed by atoms with Crippen LogP contribution in [0.1, 0.15) is 36.7 Å². The Bertz CT molecular complexity index is 466. The van der Waals surface area contributed by atoms with Gasteiger partial charge in [-0.3, -0.25) is 0 Å². The molecule has 0 aliphatic carbocycles. The van der Waals surface area contributed by atoms with Gasteiger partial charge in [-0.05, 0) is 31.4 Å². The molecule has 0 fully saturated rings. The summed E-state index contributed by atoms with van der Waals surface area (Å²) in [6, 6.07) is 4.18. The Morgan fingerprint density at radius 3 is 2.57 bits per heavy atom. The highest BCUT2D eigenvalue weighted by Crippen LogP contribution is 2.19. The molecule has 0 N–H and O–H groups in total. The Kier molecular flexibility index (Phi) is 2.06. The quantitative estimate of drug-likeness (QED) is 0.672. The smallest absolute Gasteiger partial charge is 0.137 e. The standard InChI is InChI=1S/C12H16N2/c1-8(2)12-10(4)14-7-9(3)5-6-11(14)13-12/h5-8H,1-4H3. The van der Waals surface area contributed by atoms with E-state index in [9.17, 15) is 0 Å². The summed E-state index contributed by atoms with van der Waals surface area (Å²) in [5, 5.41) is 0. The summed E-state index contributed by atoms with van der Waals surface area (Å²) in [5.41, 5.74) is 4.79. The highest BCUT2D eigenvalue weighted by Gasteiger charge is 2.10. The maximum Gasteiger partial charge on any atom is 0.137 e. The molecule has 2 heteroatoms. The number of nitrogens with zero attached hydrogens (tertiary/aromatic N) is 2. The van der Waals surface area contributed by atoms with Gasteiger partial charge in [-0.15, -0.1) is 0 Å². The molecule has 0 radical (unpaired) electrons. The van der Waals surface area contributed by atoms with Crippen molar-refractivity contribution in [3.63, 3.8) is 0 Å². The van der Waals surface area contributed by atoms with Crippen molar-refractivity contribution in [2.75, 3.05) is 0 Å². The Labute approximate surface area is 84.6 Å². The second kappa shape index (κ2) is 3.12. The molecule has 0 amide bonds. The fraction of sp³-hybridized carbons (Fsp3) is 0.417. The van der Waals surface area contributed by atoms with Crippen molar-refractivity contribution in [3.05, 3.63) is 35.3 Å². The molecule has 14 heavy (non-hydrogen) atoms. The van der Waals surface area contributed by atoms with Crippen molar-refractivity contribution in [1.29, 1.82) is 0 Å². The first-order valence-corrected chi connectivity index (χ1v) is 5.05. The van der Waals surface area contributed by atoms with E-state index >= 15 is 0 Å². The Morgan fingerprint density at radius 2 is 1.93 bits per heavy atom. The number of imidazole rings is 1. The monoisotopic (exact) mass is 188 g/mol. The molecule has 0 bridgehead atoms. The van der Waals surface area contributed by atoms with Crippen LogP contribution in [0, 0.1) is 13.8 Å². The molecule has 0 saturated heterocycles. The Hall–Kier alpha value is -1.31. The largest absolute Gasteiger partial charge is 0.304 e. The average molecular weight is 188 g/mol. The summed E-state index contributed by atoms with van der Waals surface area (Å²) < 4.78 is 2.17. The predicted octanol–water partition coefficient (Wildman–Crippen LogP) is 3.07. The lowest BCUT2D eigenvalue weighted by molar-refractivity contribution is 0.821. The molecule has 2 aromatic heterocycles. The lowest BCUT2D eigenvalue weighted by atomic mass is 10.1. The molecule has 0 atom stereocenters. The number of aromatic nitrogens is 2. The minimum Gasteiger partial charge on any atom is -0.304 e. The second-order valence-corrected chi connectivity index (χ2v) is 4.17. The third kappa shape index (κ3) is 1.31. The molecule has 0 aliphatic rings. The van der Waals surface area contributed by atoms with Crippen LogP contribution in [0.3, 0.4) is 0 Å². The molecule has 0 spiro atoms. The number of hydrogen-bond donors (Lipinski definition) is 0. The first-order valence-electron chi connectivity index (χ1n) is 5.05. The van der Waals surface area contributed by atoms with Gasteiger partial charge in [0.1, 0.15) is 5.65 Å². The van der Waals surface area contributed by atoms with Crippen molar-refractivity contribution < 1.29 is 0 Å². The van der Waals surface area contributed by atoms with Crippen molar-refractivity contribution in [3.8, 4) is 0 Å². The number of hydrogen-bond acceptors (Lipinski definition) is 1. The molecule has 74 valence electrons. The topological polar surface area (TPSA) is 17.3 Å². The molecule has 2 rings (SSSR count). The third-order valence-corrected chi connectivity index (χ3v) is 2.59. The van der Waals surface area contributed by atoms with Gasteiger partial charge in [-0.1, -0.05) is 19.9 Å². The van der Waals surface area contributed by atoms with Crippen LogP contribution in [0.15, 0.2) is 18.3 Å². The maximum atomic E-state index is 4.62. The van der Waals surface area contributed by atoms with Gasteiger partial charge in [0.15, 0.2) is 0 Å². The third-order valence-electron chi connectivity index (χ3n) is 2.59. The number of aryl methyl sites for hydroxylation is 2. The molecular weight excluding hydrogens is 172 g/mol. The van der Waals surface area contributed by atoms with Crippen molar-refractivity contribution in [2.45, 2.75) is 33.6 Å². The van der Waals surface area contributed by atoms with Gasteiger partial charge >= 0.3 is 0 Å². The number of pyridine rings is 1. The summed E-state index contributed by atoms with van der Waals surface area (Å²) in [7, 11) is 0. The van der Waals surface area contributed by atoms with Gasteiger partial charge in [0.05, 0.1) is 5.69 Å².